The van der Waals surface area contributed by atoms with E-state index in [2.05, 4.69) is 44.2 Å². The van der Waals surface area contributed by atoms with E-state index in [-0.39, 0.29) is 0 Å². The zero-order chi connectivity index (χ0) is 22.5. The molecule has 3 aromatic rings. The molecule has 32 heavy (non-hydrogen) atoms. The number of benzene rings is 3. The Hall–Kier alpha value is -2.26. The van der Waals surface area contributed by atoms with E-state index < -0.39 is 20.4 Å². The second-order valence-electron chi connectivity index (χ2n) is 9.84. The van der Waals surface area contributed by atoms with Crippen LogP contribution in [0.2, 0.25) is 18.1 Å². The maximum atomic E-state index is 14.1. The molecule has 1 aliphatic heterocycles. The van der Waals surface area contributed by atoms with Gasteiger partial charge in [0.25, 0.3) is 0 Å². The normalized spacial score (nSPS) is 18.8. The molecule has 0 amide bonds. The quantitative estimate of drug-likeness (QED) is 0.317. The molecule has 0 unspecified atom stereocenters. The number of hydrogen-bond donors (Lipinski definition) is 0. The lowest BCUT2D eigenvalue weighted by molar-refractivity contribution is 0.509. The molecule has 0 bridgehead atoms. The van der Waals surface area contributed by atoms with Gasteiger partial charge in [-0.1, -0.05) is 99.4 Å². The van der Waals surface area contributed by atoms with Gasteiger partial charge in [0.05, 0.1) is 0 Å². The van der Waals surface area contributed by atoms with Gasteiger partial charge in [-0.05, 0) is 64.6 Å². The van der Waals surface area contributed by atoms with E-state index in [1.54, 1.807) is 6.07 Å². The molecule has 0 nitrogen and oxygen atoms in total. The minimum Gasteiger partial charge on any atom is -0.204 e. The maximum Gasteiger partial charge on any atom is 0.159 e. The highest BCUT2D eigenvalue weighted by Crippen LogP contribution is 2.40. The Bertz CT molecular complexity index is 1020. The Morgan fingerprint density at radius 2 is 1.56 bits per heavy atom. The molecular weight excluding hydrogens is 414 g/mol. The highest BCUT2D eigenvalue weighted by atomic mass is 28.3. The second-order valence-corrected chi connectivity index (χ2v) is 13.3. The topological polar surface area (TPSA) is 0 Å². The molecule has 0 N–H and O–H groups in total. The molecule has 0 radical (unpaired) electrons. The third-order valence-electron chi connectivity index (χ3n) is 7.07. The lowest BCUT2D eigenvalue weighted by atomic mass is 9.87. The largest absolute Gasteiger partial charge is 0.204 e. The van der Waals surface area contributed by atoms with Gasteiger partial charge in [0.2, 0.25) is 0 Å². The summed E-state index contributed by atoms with van der Waals surface area (Å²) in [5, 5.41) is 0. The molecule has 0 aliphatic carbocycles. The molecule has 1 fully saturated rings. The van der Waals surface area contributed by atoms with Gasteiger partial charge in [-0.25, -0.2) is 8.78 Å². The molecule has 1 aliphatic rings. The molecule has 1 heterocycles. The van der Waals surface area contributed by atoms with Crippen molar-refractivity contribution in [2.45, 2.75) is 63.6 Å². The van der Waals surface area contributed by atoms with Gasteiger partial charge in [-0.3, -0.25) is 0 Å². The molecule has 0 atom stereocenters. The van der Waals surface area contributed by atoms with Crippen LogP contribution in [-0.2, 0) is 0 Å². The van der Waals surface area contributed by atoms with Gasteiger partial charge in [0, 0.05) is 8.80 Å². The highest BCUT2D eigenvalue weighted by molar-refractivity contribution is 6.59. The van der Waals surface area contributed by atoms with Crippen molar-refractivity contribution in [3.63, 3.8) is 0 Å². The van der Waals surface area contributed by atoms with Gasteiger partial charge in [-0.2, -0.15) is 0 Å². The minimum absolute atomic E-state index is 0.581. The summed E-state index contributed by atoms with van der Waals surface area (Å²) in [5.41, 5.74) is 5.24. The standard InChI is InChI=1S/C29H34F2Si/c1-21(2)7-6-16-32-17-14-22(15-18-32)24-10-12-26(23-8-4-3-5-9-23)27(19-24)25-11-13-28(30)29(31)20-25/h3-5,8-13,19-22,32H,6-7,14-18H2,1-2H3. The fraction of sp³-hybridized carbons (Fsp3) is 0.379. The molecule has 0 spiro atoms. The lowest BCUT2D eigenvalue weighted by Crippen LogP contribution is -2.20. The van der Waals surface area contributed by atoms with Gasteiger partial charge in [0.15, 0.2) is 11.6 Å². The van der Waals surface area contributed by atoms with Crippen molar-refractivity contribution in [3.05, 3.63) is 83.9 Å². The van der Waals surface area contributed by atoms with Crippen LogP contribution in [0.1, 0.15) is 51.0 Å². The van der Waals surface area contributed by atoms with Crippen LogP contribution >= 0.6 is 0 Å². The summed E-state index contributed by atoms with van der Waals surface area (Å²) in [5.74, 6) is -0.192. The summed E-state index contributed by atoms with van der Waals surface area (Å²) in [6, 6.07) is 25.5. The summed E-state index contributed by atoms with van der Waals surface area (Å²) in [6.45, 7) is 4.64. The van der Waals surface area contributed by atoms with E-state index in [0.717, 1.165) is 28.2 Å². The van der Waals surface area contributed by atoms with Crippen LogP contribution in [0.15, 0.2) is 66.7 Å². The predicted molar refractivity (Wildman–Crippen MR) is 135 cm³/mol. The average Bonchev–Trinajstić information content (AvgIpc) is 2.81. The van der Waals surface area contributed by atoms with Crippen molar-refractivity contribution in [1.29, 1.82) is 0 Å². The van der Waals surface area contributed by atoms with Crippen LogP contribution in [0, 0.1) is 17.6 Å². The van der Waals surface area contributed by atoms with Crippen LogP contribution in [0.3, 0.4) is 0 Å². The highest BCUT2D eigenvalue weighted by Gasteiger charge is 2.24. The Morgan fingerprint density at radius 1 is 0.812 bits per heavy atom. The molecule has 168 valence electrons. The van der Waals surface area contributed by atoms with Crippen molar-refractivity contribution in [2.75, 3.05) is 0 Å². The predicted octanol–water partition coefficient (Wildman–Crippen LogP) is 8.84. The first-order valence-corrected chi connectivity index (χ1v) is 14.6. The van der Waals surface area contributed by atoms with Gasteiger partial charge < -0.3 is 0 Å². The van der Waals surface area contributed by atoms with E-state index in [1.807, 2.05) is 18.2 Å². The molecule has 4 rings (SSSR count). The maximum absolute atomic E-state index is 14.1. The fourth-order valence-corrected chi connectivity index (χ4v) is 8.61. The van der Waals surface area contributed by atoms with Crippen LogP contribution in [0.25, 0.3) is 22.3 Å². The SMILES string of the molecule is CC(C)CCC[SiH]1CCC(c2ccc(-c3ccccc3)c(-c3ccc(F)c(F)c3)c2)CC1. The zero-order valence-electron chi connectivity index (χ0n) is 19.3. The Morgan fingerprint density at radius 3 is 2.25 bits per heavy atom. The zero-order valence-corrected chi connectivity index (χ0v) is 20.4. The molecule has 3 heteroatoms. The first kappa shape index (κ1) is 22.9. The lowest BCUT2D eigenvalue weighted by Gasteiger charge is -2.29. The van der Waals surface area contributed by atoms with Crippen LogP contribution in [-0.4, -0.2) is 8.80 Å². The van der Waals surface area contributed by atoms with E-state index in [4.69, 9.17) is 0 Å². The second kappa shape index (κ2) is 10.6. The van der Waals surface area contributed by atoms with E-state index in [1.165, 1.54) is 61.5 Å². The summed E-state index contributed by atoms with van der Waals surface area (Å²) in [4.78, 5) is 0. The van der Waals surface area contributed by atoms with E-state index >= 15 is 0 Å². The van der Waals surface area contributed by atoms with Gasteiger partial charge in [0.1, 0.15) is 0 Å². The number of hydrogen-bond acceptors (Lipinski definition) is 0. The third-order valence-corrected chi connectivity index (χ3v) is 10.6. The molecule has 0 saturated carbocycles. The monoisotopic (exact) mass is 448 g/mol. The molecule has 3 aromatic carbocycles. The van der Waals surface area contributed by atoms with Crippen molar-refractivity contribution < 1.29 is 8.78 Å². The summed E-state index contributed by atoms with van der Waals surface area (Å²) in [6.07, 6.45) is 5.33. The molecule has 0 aromatic heterocycles. The summed E-state index contributed by atoms with van der Waals surface area (Å²) in [7, 11) is -0.582. The summed E-state index contributed by atoms with van der Waals surface area (Å²) < 4.78 is 27.7. The molecule has 1 saturated heterocycles. The first-order chi connectivity index (χ1) is 15.5. The Balaban J connectivity index is 1.58. The average molecular weight is 449 g/mol. The number of halogens is 2. The first-order valence-electron chi connectivity index (χ1n) is 12.2. The van der Waals surface area contributed by atoms with Crippen molar-refractivity contribution in [2.24, 2.45) is 5.92 Å². The fourth-order valence-electron chi connectivity index (χ4n) is 5.19. The summed E-state index contributed by atoms with van der Waals surface area (Å²) >= 11 is 0. The minimum atomic E-state index is -0.799. The Labute approximate surface area is 193 Å². The third kappa shape index (κ3) is 5.56. The number of rotatable bonds is 7. The molecular formula is C29H34F2Si. The van der Waals surface area contributed by atoms with Crippen molar-refractivity contribution in [3.8, 4) is 22.3 Å². The van der Waals surface area contributed by atoms with Crippen LogP contribution in [0.5, 0.6) is 0 Å². The van der Waals surface area contributed by atoms with Gasteiger partial charge in [-0.15, -0.1) is 0 Å². The van der Waals surface area contributed by atoms with Crippen molar-refractivity contribution in [1.82, 2.24) is 0 Å². The van der Waals surface area contributed by atoms with E-state index in [9.17, 15) is 8.78 Å². The van der Waals surface area contributed by atoms with Gasteiger partial charge >= 0.3 is 0 Å². The Kier molecular flexibility index (Phi) is 7.57. The van der Waals surface area contributed by atoms with Crippen LogP contribution < -0.4 is 0 Å². The van der Waals surface area contributed by atoms with Crippen LogP contribution in [0.4, 0.5) is 8.78 Å². The smallest absolute Gasteiger partial charge is 0.159 e. The van der Waals surface area contributed by atoms with Crippen molar-refractivity contribution >= 4 is 8.80 Å². The van der Waals surface area contributed by atoms with E-state index in [0.29, 0.717) is 5.92 Å².